The van der Waals surface area contributed by atoms with Gasteiger partial charge in [0.25, 0.3) is 0 Å². The number of rotatable bonds is 5. The fourth-order valence-corrected chi connectivity index (χ4v) is 15.1. The van der Waals surface area contributed by atoms with Crippen molar-refractivity contribution in [3.05, 3.63) is 231 Å². The van der Waals surface area contributed by atoms with Gasteiger partial charge in [0.05, 0.1) is 0 Å². The molecule has 67 heavy (non-hydrogen) atoms. The molecule has 1 heteroatoms. The van der Waals surface area contributed by atoms with Crippen LogP contribution in [0, 0.1) is 0 Å². The summed E-state index contributed by atoms with van der Waals surface area (Å²) in [6.45, 7) is 5.14. The summed E-state index contributed by atoms with van der Waals surface area (Å²) >= 11 is 0. The topological polar surface area (TPSA) is 0 Å². The van der Waals surface area contributed by atoms with E-state index in [1.165, 1.54) is 142 Å². The van der Waals surface area contributed by atoms with Crippen LogP contribution in [0.4, 0.5) is 0 Å². The van der Waals surface area contributed by atoms with Crippen LogP contribution in [0.2, 0.25) is 13.1 Å². The zero-order valence-corrected chi connectivity index (χ0v) is 38.4. The van der Waals surface area contributed by atoms with Crippen LogP contribution in [0.25, 0.3) is 131 Å². The molecule has 0 amide bonds. The molecule has 0 aliphatic carbocycles. The molecule has 1 aliphatic heterocycles. The minimum absolute atomic E-state index is 1.23. The van der Waals surface area contributed by atoms with E-state index in [2.05, 4.69) is 244 Å². The van der Waals surface area contributed by atoms with Crippen LogP contribution in [0.15, 0.2) is 231 Å². The van der Waals surface area contributed by atoms with Crippen LogP contribution < -0.4 is 10.4 Å². The lowest BCUT2D eigenvalue weighted by Crippen LogP contribution is -2.49. The molecule has 0 radical (unpaired) electrons. The molecule has 13 aromatic rings. The molecule has 0 aromatic heterocycles. The van der Waals surface area contributed by atoms with Gasteiger partial charge in [-0.3, -0.25) is 0 Å². The maximum absolute atomic E-state index is 2.62. The van der Waals surface area contributed by atoms with E-state index in [9.17, 15) is 0 Å². The summed E-state index contributed by atoms with van der Waals surface area (Å²) < 4.78 is 0. The van der Waals surface area contributed by atoms with Crippen LogP contribution in [-0.2, 0) is 0 Å². The highest BCUT2D eigenvalue weighted by Crippen LogP contribution is 2.48. The van der Waals surface area contributed by atoms with E-state index in [1.807, 2.05) is 0 Å². The van der Waals surface area contributed by atoms with Gasteiger partial charge in [-0.05, 0) is 148 Å². The Labute approximate surface area is 391 Å². The van der Waals surface area contributed by atoms with E-state index in [1.54, 1.807) is 0 Å². The van der Waals surface area contributed by atoms with Crippen molar-refractivity contribution < 1.29 is 0 Å². The van der Waals surface area contributed by atoms with Crippen molar-refractivity contribution in [2.75, 3.05) is 0 Å². The van der Waals surface area contributed by atoms with Gasteiger partial charge in [-0.25, -0.2) is 0 Å². The second kappa shape index (κ2) is 14.4. The summed E-state index contributed by atoms with van der Waals surface area (Å²) in [4.78, 5) is 0. The first kappa shape index (κ1) is 38.2. The van der Waals surface area contributed by atoms with Crippen molar-refractivity contribution in [3.63, 3.8) is 0 Å². The maximum Gasteiger partial charge on any atom is 0.113 e. The third-order valence-electron chi connectivity index (χ3n) is 15.2. The monoisotopic (exact) mass is 864 g/mol. The standard InChI is InChI=1S/C66H44Si/c1-67(2)61-38-48(49-36-37-57-55-23-12-19-45-18-11-22-54(63(45)55)56-25-13-24-51(49)66(56)57)34-35-50(61)58-39-59-60(40-62(58)67)65(47-32-28-44(29-33-47)42-16-7-4-8-17-42)53-21-10-9-20-52(53)64(59)46-30-26-43(27-31-46)41-14-5-3-6-15-41/h3-40H,1-2H3. The summed E-state index contributed by atoms with van der Waals surface area (Å²) in [5.74, 6) is 0. The zero-order valence-electron chi connectivity index (χ0n) is 37.4. The fraction of sp³-hybridized carbons (Fsp3) is 0.0303. The molecule has 14 rings (SSSR count). The van der Waals surface area contributed by atoms with Gasteiger partial charge in [0.1, 0.15) is 8.07 Å². The van der Waals surface area contributed by atoms with Crippen LogP contribution in [0.1, 0.15) is 0 Å². The lowest BCUT2D eigenvalue weighted by molar-refractivity contribution is 1.60. The van der Waals surface area contributed by atoms with Crippen LogP contribution in [-0.4, -0.2) is 8.07 Å². The first-order valence-corrected chi connectivity index (χ1v) is 26.6. The SMILES string of the molecule is C[Si]1(C)c2cc(-c3ccc4c5cccc6cccc(c7cccc3c74)c65)ccc2-c2cc3c(-c4ccc(-c5ccccc5)cc4)c4ccccc4c(-c4ccc(-c5ccccc5)cc4)c3cc21. The van der Waals surface area contributed by atoms with Crippen LogP contribution in [0.5, 0.6) is 0 Å². The summed E-state index contributed by atoms with van der Waals surface area (Å²) in [6, 6.07) is 86.9. The Morgan fingerprint density at radius 1 is 0.239 bits per heavy atom. The maximum atomic E-state index is 2.62. The average molecular weight is 865 g/mol. The molecule has 0 spiro atoms. The number of fused-ring (bicyclic) bond motifs is 7. The van der Waals surface area contributed by atoms with E-state index in [4.69, 9.17) is 0 Å². The number of hydrogen-bond acceptors (Lipinski definition) is 0. The lowest BCUT2D eigenvalue weighted by atomic mass is 9.84. The van der Waals surface area contributed by atoms with Gasteiger partial charge >= 0.3 is 0 Å². The Bertz CT molecular complexity index is 4080. The highest BCUT2D eigenvalue weighted by atomic mass is 28.3. The highest BCUT2D eigenvalue weighted by molar-refractivity contribution is 7.04. The normalized spacial score (nSPS) is 13.0. The Hall–Kier alpha value is -8.10. The van der Waals surface area contributed by atoms with E-state index in [0.717, 1.165) is 0 Å². The van der Waals surface area contributed by atoms with Gasteiger partial charge in [0.15, 0.2) is 0 Å². The van der Waals surface area contributed by atoms with Crippen LogP contribution >= 0.6 is 0 Å². The smallest absolute Gasteiger partial charge is 0.0622 e. The van der Waals surface area contributed by atoms with Crippen molar-refractivity contribution >= 4 is 83.1 Å². The predicted molar refractivity (Wildman–Crippen MR) is 292 cm³/mol. The number of benzene rings is 13. The largest absolute Gasteiger partial charge is 0.113 e. The van der Waals surface area contributed by atoms with Gasteiger partial charge in [-0.2, -0.15) is 0 Å². The highest BCUT2D eigenvalue weighted by Gasteiger charge is 2.39. The van der Waals surface area contributed by atoms with E-state index in [0.29, 0.717) is 0 Å². The van der Waals surface area contributed by atoms with E-state index >= 15 is 0 Å². The Morgan fingerprint density at radius 2 is 0.657 bits per heavy atom. The van der Waals surface area contributed by atoms with Crippen molar-refractivity contribution in [1.82, 2.24) is 0 Å². The molecular formula is C66H44Si. The lowest BCUT2D eigenvalue weighted by Gasteiger charge is -2.23. The Balaban J connectivity index is 0.988. The Kier molecular flexibility index (Phi) is 8.24. The molecule has 0 N–H and O–H groups in total. The molecule has 0 bridgehead atoms. The van der Waals surface area contributed by atoms with Gasteiger partial charge in [-0.1, -0.05) is 238 Å². The third-order valence-corrected chi connectivity index (χ3v) is 18.7. The minimum atomic E-state index is -2.21. The van der Waals surface area contributed by atoms with Gasteiger partial charge in [0.2, 0.25) is 0 Å². The van der Waals surface area contributed by atoms with Crippen molar-refractivity contribution in [2.24, 2.45) is 0 Å². The van der Waals surface area contributed by atoms with Gasteiger partial charge in [-0.15, -0.1) is 0 Å². The van der Waals surface area contributed by atoms with Crippen LogP contribution in [0.3, 0.4) is 0 Å². The van der Waals surface area contributed by atoms with Crippen molar-refractivity contribution in [3.8, 4) is 66.8 Å². The van der Waals surface area contributed by atoms with E-state index < -0.39 is 8.07 Å². The van der Waals surface area contributed by atoms with Crippen molar-refractivity contribution in [2.45, 2.75) is 13.1 Å². The molecule has 1 aliphatic rings. The summed E-state index contributed by atoms with van der Waals surface area (Å²) in [6.07, 6.45) is 0. The molecular weight excluding hydrogens is 821 g/mol. The van der Waals surface area contributed by atoms with E-state index in [-0.39, 0.29) is 0 Å². The second-order valence-corrected chi connectivity index (χ2v) is 23.4. The first-order chi connectivity index (χ1) is 33.0. The summed E-state index contributed by atoms with van der Waals surface area (Å²) in [5.41, 5.74) is 15.4. The molecule has 1 heterocycles. The summed E-state index contributed by atoms with van der Waals surface area (Å²) in [5, 5.41) is 18.9. The molecule has 0 nitrogen and oxygen atoms in total. The second-order valence-electron chi connectivity index (χ2n) is 19.1. The molecule has 312 valence electrons. The number of hydrogen-bond donors (Lipinski definition) is 0. The molecule has 0 saturated carbocycles. The zero-order chi connectivity index (χ0) is 44.4. The minimum Gasteiger partial charge on any atom is -0.0622 e. The van der Waals surface area contributed by atoms with Gasteiger partial charge < -0.3 is 0 Å². The fourth-order valence-electron chi connectivity index (χ4n) is 12.0. The third kappa shape index (κ3) is 5.65. The molecule has 0 saturated heterocycles. The molecule has 13 aromatic carbocycles. The predicted octanol–water partition coefficient (Wildman–Crippen LogP) is 17.2. The summed E-state index contributed by atoms with van der Waals surface area (Å²) in [7, 11) is -2.21. The average Bonchev–Trinajstić information content (AvgIpc) is 3.61. The first-order valence-electron chi connectivity index (χ1n) is 23.6. The van der Waals surface area contributed by atoms with Gasteiger partial charge in [0, 0.05) is 0 Å². The Morgan fingerprint density at radius 3 is 1.25 bits per heavy atom. The quantitative estimate of drug-likeness (QED) is 0.0919. The molecule has 0 fully saturated rings. The molecule has 0 atom stereocenters. The van der Waals surface area contributed by atoms with Crippen molar-refractivity contribution in [1.29, 1.82) is 0 Å². The molecule has 0 unspecified atom stereocenters.